The topological polar surface area (TPSA) is 60.9 Å². The summed E-state index contributed by atoms with van der Waals surface area (Å²) in [6.07, 6.45) is 5.89. The number of aliphatic carboxylic acids is 1. The number of nitrogens with zero attached hydrogens (tertiary/aromatic N) is 2. The number of carboxylic acids is 1. The van der Waals surface area contributed by atoms with Crippen molar-refractivity contribution in [2.75, 3.05) is 18.2 Å². The first kappa shape index (κ1) is 13.1. The van der Waals surface area contributed by atoms with Gasteiger partial charge in [0.05, 0.1) is 5.88 Å². The number of rotatable bonds is 1. The minimum absolute atomic E-state index is 0.0493. The number of carbonyl (C=O) groups excluding carboxylic acids is 1. The van der Waals surface area contributed by atoms with Gasteiger partial charge in [0.25, 0.3) is 0 Å². The first-order chi connectivity index (χ1) is 9.18. The molecular weight excluding hydrogens is 264 g/mol. The van der Waals surface area contributed by atoms with Gasteiger partial charge in [-0.15, -0.1) is 11.8 Å². The van der Waals surface area contributed by atoms with Gasteiger partial charge in [-0.25, -0.2) is 9.59 Å². The van der Waals surface area contributed by atoms with Gasteiger partial charge in [-0.1, -0.05) is 12.8 Å². The Bertz CT molecular complexity index is 390. The molecule has 2 heterocycles. The summed E-state index contributed by atoms with van der Waals surface area (Å²) in [4.78, 5) is 27.3. The molecule has 3 atom stereocenters. The monoisotopic (exact) mass is 284 g/mol. The number of amides is 2. The van der Waals surface area contributed by atoms with Crippen molar-refractivity contribution in [1.82, 2.24) is 9.80 Å². The van der Waals surface area contributed by atoms with Crippen LogP contribution in [0.3, 0.4) is 0 Å². The third-order valence-electron chi connectivity index (χ3n) is 4.67. The molecule has 3 rings (SSSR count). The smallest absolute Gasteiger partial charge is 0.327 e. The molecule has 5 nitrogen and oxygen atoms in total. The van der Waals surface area contributed by atoms with Crippen LogP contribution in [0, 0.1) is 5.92 Å². The molecule has 6 heteroatoms. The number of likely N-dealkylation sites (tertiary alicyclic amines) is 1. The van der Waals surface area contributed by atoms with Crippen molar-refractivity contribution in [3.8, 4) is 0 Å². The number of thioether (sulfide) groups is 1. The van der Waals surface area contributed by atoms with Gasteiger partial charge >= 0.3 is 12.0 Å². The second-order valence-corrected chi connectivity index (χ2v) is 6.70. The molecule has 1 N–H and O–H groups in total. The Kier molecular flexibility index (Phi) is 3.60. The second kappa shape index (κ2) is 5.23. The molecule has 2 saturated heterocycles. The zero-order chi connectivity index (χ0) is 13.4. The van der Waals surface area contributed by atoms with Crippen molar-refractivity contribution in [2.24, 2.45) is 5.92 Å². The SMILES string of the molecule is O=C(O)C1CSCN1C(=O)N1CCC2CCCCC21. The van der Waals surface area contributed by atoms with Crippen LogP contribution in [0.15, 0.2) is 0 Å². The van der Waals surface area contributed by atoms with Gasteiger partial charge in [-0.05, 0) is 25.2 Å². The van der Waals surface area contributed by atoms with Gasteiger partial charge in [0, 0.05) is 18.3 Å². The molecule has 1 aliphatic carbocycles. The van der Waals surface area contributed by atoms with Crippen molar-refractivity contribution < 1.29 is 14.7 Å². The molecule has 0 bridgehead atoms. The first-order valence-corrected chi connectivity index (χ1v) is 8.21. The molecule has 3 fully saturated rings. The van der Waals surface area contributed by atoms with E-state index in [1.807, 2.05) is 4.90 Å². The molecule has 106 valence electrons. The Morgan fingerprint density at radius 2 is 1.89 bits per heavy atom. The van der Waals surface area contributed by atoms with Crippen LogP contribution in [-0.2, 0) is 4.79 Å². The average Bonchev–Trinajstić information content (AvgIpc) is 3.05. The number of carboxylic acid groups (broad SMARTS) is 1. The van der Waals surface area contributed by atoms with Crippen LogP contribution in [0.5, 0.6) is 0 Å². The average molecular weight is 284 g/mol. The minimum atomic E-state index is -0.877. The zero-order valence-electron chi connectivity index (χ0n) is 11.0. The predicted octanol–water partition coefficient (Wildman–Crippen LogP) is 1.83. The summed E-state index contributed by atoms with van der Waals surface area (Å²) in [5, 5.41) is 9.18. The molecule has 2 amide bonds. The van der Waals surface area contributed by atoms with E-state index in [9.17, 15) is 14.7 Å². The number of fused-ring (bicyclic) bond motifs is 1. The van der Waals surface area contributed by atoms with E-state index in [0.29, 0.717) is 23.6 Å². The lowest BCUT2D eigenvalue weighted by molar-refractivity contribution is -0.141. The van der Waals surface area contributed by atoms with Crippen LogP contribution in [0.4, 0.5) is 4.79 Å². The fraction of sp³-hybridized carbons (Fsp3) is 0.846. The Hall–Kier alpha value is -0.910. The van der Waals surface area contributed by atoms with E-state index in [1.165, 1.54) is 31.0 Å². The van der Waals surface area contributed by atoms with E-state index in [0.717, 1.165) is 19.4 Å². The molecule has 0 aromatic rings. The van der Waals surface area contributed by atoms with Gasteiger partial charge in [0.15, 0.2) is 0 Å². The summed E-state index contributed by atoms with van der Waals surface area (Å²) >= 11 is 1.53. The lowest BCUT2D eigenvalue weighted by Gasteiger charge is -2.34. The molecule has 0 aromatic heterocycles. The van der Waals surface area contributed by atoms with E-state index >= 15 is 0 Å². The van der Waals surface area contributed by atoms with Crippen LogP contribution in [0.25, 0.3) is 0 Å². The van der Waals surface area contributed by atoms with E-state index < -0.39 is 12.0 Å². The summed E-state index contributed by atoms with van der Waals surface area (Å²) in [6.45, 7) is 0.807. The Morgan fingerprint density at radius 1 is 1.11 bits per heavy atom. The standard InChI is InChI=1S/C13H20N2O3S/c16-12(17)11-7-19-8-15(11)13(18)14-6-5-9-3-1-2-4-10(9)14/h9-11H,1-8H2,(H,16,17). The highest BCUT2D eigenvalue weighted by Gasteiger charge is 2.43. The third-order valence-corrected chi connectivity index (χ3v) is 5.68. The fourth-order valence-corrected chi connectivity index (χ4v) is 4.78. The van der Waals surface area contributed by atoms with Crippen LogP contribution in [0.1, 0.15) is 32.1 Å². The minimum Gasteiger partial charge on any atom is -0.480 e. The van der Waals surface area contributed by atoms with Crippen molar-refractivity contribution in [2.45, 2.75) is 44.2 Å². The summed E-state index contributed by atoms with van der Waals surface area (Å²) in [6, 6.07) is -0.326. The summed E-state index contributed by atoms with van der Waals surface area (Å²) in [5.74, 6) is 0.807. The molecule has 3 aliphatic rings. The van der Waals surface area contributed by atoms with Crippen LogP contribution >= 0.6 is 11.8 Å². The highest BCUT2D eigenvalue weighted by molar-refractivity contribution is 7.99. The lowest BCUT2D eigenvalue weighted by Crippen LogP contribution is -2.51. The summed E-state index contributed by atoms with van der Waals surface area (Å²) < 4.78 is 0. The quantitative estimate of drug-likeness (QED) is 0.798. The normalized spacial score (nSPS) is 34.4. The Morgan fingerprint density at radius 3 is 2.68 bits per heavy atom. The highest BCUT2D eigenvalue weighted by Crippen LogP contribution is 2.37. The summed E-state index contributed by atoms with van der Waals surface area (Å²) in [7, 11) is 0. The van der Waals surface area contributed by atoms with Crippen molar-refractivity contribution >= 4 is 23.8 Å². The van der Waals surface area contributed by atoms with Gasteiger partial charge < -0.3 is 14.9 Å². The van der Waals surface area contributed by atoms with Crippen molar-refractivity contribution in [1.29, 1.82) is 0 Å². The molecule has 2 aliphatic heterocycles. The maximum atomic E-state index is 12.6. The molecule has 1 saturated carbocycles. The molecular formula is C13H20N2O3S. The largest absolute Gasteiger partial charge is 0.480 e. The number of carbonyl (C=O) groups is 2. The molecule has 3 unspecified atom stereocenters. The maximum Gasteiger partial charge on any atom is 0.327 e. The maximum absolute atomic E-state index is 12.6. The number of hydrogen-bond donors (Lipinski definition) is 1. The van der Waals surface area contributed by atoms with Crippen LogP contribution in [-0.4, -0.2) is 57.2 Å². The van der Waals surface area contributed by atoms with Gasteiger partial charge in [0.1, 0.15) is 6.04 Å². The lowest BCUT2D eigenvalue weighted by atomic mass is 9.85. The molecule has 0 radical (unpaired) electrons. The van der Waals surface area contributed by atoms with Crippen LogP contribution < -0.4 is 0 Å². The predicted molar refractivity (Wildman–Crippen MR) is 73.1 cm³/mol. The number of urea groups is 1. The van der Waals surface area contributed by atoms with Gasteiger partial charge in [0.2, 0.25) is 0 Å². The fourth-order valence-electron chi connectivity index (χ4n) is 3.64. The van der Waals surface area contributed by atoms with E-state index in [4.69, 9.17) is 0 Å². The first-order valence-electron chi connectivity index (χ1n) is 7.06. The van der Waals surface area contributed by atoms with E-state index in [-0.39, 0.29) is 6.03 Å². The van der Waals surface area contributed by atoms with Crippen LogP contribution in [0.2, 0.25) is 0 Å². The van der Waals surface area contributed by atoms with Gasteiger partial charge in [-0.2, -0.15) is 0 Å². The zero-order valence-corrected chi connectivity index (χ0v) is 11.8. The number of hydrogen-bond acceptors (Lipinski definition) is 3. The second-order valence-electron chi connectivity index (χ2n) is 5.70. The Labute approximate surface area is 117 Å². The third kappa shape index (κ3) is 2.30. The highest BCUT2D eigenvalue weighted by atomic mass is 32.2. The van der Waals surface area contributed by atoms with Gasteiger partial charge in [-0.3, -0.25) is 0 Å². The van der Waals surface area contributed by atoms with Crippen molar-refractivity contribution in [3.63, 3.8) is 0 Å². The molecule has 19 heavy (non-hydrogen) atoms. The van der Waals surface area contributed by atoms with E-state index in [1.54, 1.807) is 4.90 Å². The van der Waals surface area contributed by atoms with E-state index in [2.05, 4.69) is 0 Å². The molecule has 0 aromatic carbocycles. The summed E-state index contributed by atoms with van der Waals surface area (Å²) in [5.41, 5.74) is 0. The molecule has 0 spiro atoms. The van der Waals surface area contributed by atoms with Crippen molar-refractivity contribution in [3.05, 3.63) is 0 Å². The Balaban J connectivity index is 1.71.